The van der Waals surface area contributed by atoms with Gasteiger partial charge in [-0.25, -0.2) is 4.98 Å². The number of benzene rings is 2. The lowest BCUT2D eigenvalue weighted by Crippen LogP contribution is -2.46. The van der Waals surface area contributed by atoms with Crippen LogP contribution in [0.1, 0.15) is 35.0 Å². The summed E-state index contributed by atoms with van der Waals surface area (Å²) in [7, 11) is 0. The van der Waals surface area contributed by atoms with Crippen LogP contribution in [-0.4, -0.2) is 53.6 Å². The van der Waals surface area contributed by atoms with Crippen molar-refractivity contribution in [2.45, 2.75) is 26.3 Å². The molecule has 3 heterocycles. The maximum atomic E-state index is 13.0. The maximum absolute atomic E-state index is 13.0. The van der Waals surface area contributed by atoms with Gasteiger partial charge in [-0.05, 0) is 54.3 Å². The summed E-state index contributed by atoms with van der Waals surface area (Å²) in [5, 5.41) is 4.02. The second-order valence-electron chi connectivity index (χ2n) is 9.71. The zero-order valence-corrected chi connectivity index (χ0v) is 20.9. The Labute approximate surface area is 215 Å². The van der Waals surface area contributed by atoms with Crippen LogP contribution < -0.4 is 19.7 Å². The predicted octanol–water partition coefficient (Wildman–Crippen LogP) is 4.69. The van der Waals surface area contributed by atoms with E-state index < -0.39 is 0 Å². The number of hydrogen-bond acceptors (Lipinski definition) is 8. The molecule has 1 fully saturated rings. The van der Waals surface area contributed by atoms with Crippen molar-refractivity contribution in [1.82, 2.24) is 14.9 Å². The number of carbonyl (C=O) groups is 1. The number of aromatic nitrogens is 2. The lowest BCUT2D eigenvalue weighted by atomic mass is 9.87. The van der Waals surface area contributed by atoms with Crippen LogP contribution in [0.2, 0.25) is 5.02 Å². The third-order valence-corrected chi connectivity index (χ3v) is 7.18. The number of fused-ring (bicyclic) bond motifs is 2. The Bertz CT molecular complexity index is 1290. The Hall–Kier alpha value is -3.36. The van der Waals surface area contributed by atoms with E-state index in [2.05, 4.69) is 34.2 Å². The highest BCUT2D eigenvalue weighted by Crippen LogP contribution is 2.34. The van der Waals surface area contributed by atoms with Gasteiger partial charge >= 0.3 is 0 Å². The molecule has 3 aromatic rings. The zero-order valence-electron chi connectivity index (χ0n) is 20.2. The number of anilines is 3. The Morgan fingerprint density at radius 2 is 1.78 bits per heavy atom. The van der Waals surface area contributed by atoms with Crippen molar-refractivity contribution in [2.75, 3.05) is 43.2 Å². The molecule has 186 valence electrons. The van der Waals surface area contributed by atoms with Crippen molar-refractivity contribution in [1.29, 1.82) is 0 Å². The standard InChI is InChI=1S/C27H28ClN5O3/c1-17-12-21-25(22(34)13-17)26(29-20-5-3-19(28)4-6-20)31-27(30-21)33-10-8-32(9-11-33)15-18-2-7-23-24(14-18)36-16-35-23/h2-7,14,17H,8-13,15-16H2,1H3,(H,29,30,31). The normalized spacial score (nSPS) is 19.3. The summed E-state index contributed by atoms with van der Waals surface area (Å²) in [6, 6.07) is 13.6. The minimum Gasteiger partial charge on any atom is -0.454 e. The Morgan fingerprint density at radius 3 is 2.58 bits per heavy atom. The first-order chi connectivity index (χ1) is 17.5. The van der Waals surface area contributed by atoms with Gasteiger partial charge in [0, 0.05) is 49.9 Å². The lowest BCUT2D eigenvalue weighted by molar-refractivity contribution is 0.0952. The van der Waals surface area contributed by atoms with Gasteiger partial charge < -0.3 is 19.7 Å². The Kier molecular flexibility index (Phi) is 6.15. The van der Waals surface area contributed by atoms with E-state index in [0.717, 1.165) is 62.0 Å². The summed E-state index contributed by atoms with van der Waals surface area (Å²) in [6.45, 7) is 6.65. The van der Waals surface area contributed by atoms with Crippen molar-refractivity contribution in [3.8, 4) is 11.5 Å². The summed E-state index contributed by atoms with van der Waals surface area (Å²) in [5.74, 6) is 3.25. The first kappa shape index (κ1) is 23.1. The second-order valence-corrected chi connectivity index (χ2v) is 10.1. The molecule has 8 nitrogen and oxygen atoms in total. The topological polar surface area (TPSA) is 79.8 Å². The van der Waals surface area contributed by atoms with Crippen LogP contribution in [0.3, 0.4) is 0 Å². The number of nitrogens with one attached hydrogen (secondary N) is 1. The molecule has 2 aromatic carbocycles. The molecule has 1 saturated heterocycles. The van der Waals surface area contributed by atoms with E-state index in [9.17, 15) is 4.79 Å². The molecule has 0 radical (unpaired) electrons. The summed E-state index contributed by atoms with van der Waals surface area (Å²) in [4.78, 5) is 27.3. The molecule has 9 heteroatoms. The molecule has 2 aliphatic heterocycles. The van der Waals surface area contributed by atoms with Crippen molar-refractivity contribution < 1.29 is 14.3 Å². The molecule has 0 saturated carbocycles. The second kappa shape index (κ2) is 9.59. The molecule has 0 spiro atoms. The fourth-order valence-corrected chi connectivity index (χ4v) is 5.19. The number of ether oxygens (including phenoxy) is 2. The summed E-state index contributed by atoms with van der Waals surface area (Å²) in [6.07, 6.45) is 1.29. The molecular formula is C27H28ClN5O3. The number of ketones is 1. The first-order valence-corrected chi connectivity index (χ1v) is 12.7. The highest BCUT2D eigenvalue weighted by Gasteiger charge is 2.30. The van der Waals surface area contributed by atoms with Gasteiger partial charge in [0.25, 0.3) is 0 Å². The maximum Gasteiger partial charge on any atom is 0.231 e. The van der Waals surface area contributed by atoms with Gasteiger partial charge in [-0.2, -0.15) is 4.98 Å². The molecule has 0 amide bonds. The molecule has 36 heavy (non-hydrogen) atoms. The van der Waals surface area contributed by atoms with E-state index in [1.54, 1.807) is 0 Å². The van der Waals surface area contributed by atoms with Crippen LogP contribution in [0.5, 0.6) is 11.5 Å². The quantitative estimate of drug-likeness (QED) is 0.535. The summed E-state index contributed by atoms with van der Waals surface area (Å²) >= 11 is 6.05. The lowest BCUT2D eigenvalue weighted by Gasteiger charge is -2.35. The predicted molar refractivity (Wildman–Crippen MR) is 139 cm³/mol. The van der Waals surface area contributed by atoms with Gasteiger partial charge in [0.1, 0.15) is 5.82 Å². The summed E-state index contributed by atoms with van der Waals surface area (Å²) < 4.78 is 10.9. The average molecular weight is 506 g/mol. The Morgan fingerprint density at radius 1 is 1.00 bits per heavy atom. The van der Waals surface area contributed by atoms with E-state index in [1.165, 1.54) is 5.56 Å². The van der Waals surface area contributed by atoms with Gasteiger partial charge in [-0.15, -0.1) is 0 Å². The van der Waals surface area contributed by atoms with E-state index in [-0.39, 0.29) is 18.5 Å². The smallest absolute Gasteiger partial charge is 0.231 e. The first-order valence-electron chi connectivity index (χ1n) is 12.3. The van der Waals surface area contributed by atoms with Crippen LogP contribution in [0, 0.1) is 5.92 Å². The fourth-order valence-electron chi connectivity index (χ4n) is 5.06. The average Bonchev–Trinajstić information content (AvgIpc) is 3.33. The largest absolute Gasteiger partial charge is 0.454 e. The third-order valence-electron chi connectivity index (χ3n) is 6.93. The molecule has 0 bridgehead atoms. The minimum atomic E-state index is 0.0975. The van der Waals surface area contributed by atoms with Crippen molar-refractivity contribution in [3.63, 3.8) is 0 Å². The number of rotatable bonds is 5. The number of Topliss-reactive ketones (excluding diaryl/α,β-unsaturated/α-hetero) is 1. The van der Waals surface area contributed by atoms with E-state index in [4.69, 9.17) is 31.0 Å². The summed E-state index contributed by atoms with van der Waals surface area (Å²) in [5.41, 5.74) is 3.50. The molecule has 6 rings (SSSR count). The Balaban J connectivity index is 1.20. The number of nitrogens with zero attached hydrogens (tertiary/aromatic N) is 4. The fraction of sp³-hybridized carbons (Fsp3) is 0.370. The number of hydrogen-bond donors (Lipinski definition) is 1. The molecule has 1 unspecified atom stereocenters. The highest BCUT2D eigenvalue weighted by molar-refractivity contribution is 6.30. The van der Waals surface area contributed by atoms with E-state index in [0.29, 0.717) is 28.8 Å². The molecular weight excluding hydrogens is 478 g/mol. The monoisotopic (exact) mass is 505 g/mol. The molecule has 1 aromatic heterocycles. The van der Waals surface area contributed by atoms with E-state index in [1.807, 2.05) is 30.3 Å². The highest BCUT2D eigenvalue weighted by atomic mass is 35.5. The number of carbonyl (C=O) groups excluding carboxylic acids is 1. The van der Waals surface area contributed by atoms with Gasteiger partial charge in [-0.3, -0.25) is 9.69 Å². The van der Waals surface area contributed by atoms with Crippen molar-refractivity contribution >= 4 is 34.8 Å². The third kappa shape index (κ3) is 4.70. The van der Waals surface area contributed by atoms with Crippen LogP contribution in [0.15, 0.2) is 42.5 Å². The van der Waals surface area contributed by atoms with Crippen LogP contribution in [0.25, 0.3) is 0 Å². The van der Waals surface area contributed by atoms with Crippen LogP contribution in [-0.2, 0) is 13.0 Å². The van der Waals surface area contributed by atoms with Gasteiger partial charge in [0.15, 0.2) is 17.3 Å². The SMILES string of the molecule is CC1CC(=O)c2c(nc(N3CCN(Cc4ccc5c(c4)OCO5)CC3)nc2Nc2ccc(Cl)cc2)C1. The molecule has 1 atom stereocenters. The number of piperazine rings is 1. The van der Waals surface area contributed by atoms with Gasteiger partial charge in [0.2, 0.25) is 12.7 Å². The van der Waals surface area contributed by atoms with Crippen LogP contribution in [0.4, 0.5) is 17.5 Å². The molecule has 1 N–H and O–H groups in total. The van der Waals surface area contributed by atoms with Crippen molar-refractivity contribution in [2.24, 2.45) is 5.92 Å². The van der Waals surface area contributed by atoms with Gasteiger partial charge in [-0.1, -0.05) is 24.6 Å². The number of halogens is 1. The minimum absolute atomic E-state index is 0.0975. The van der Waals surface area contributed by atoms with E-state index >= 15 is 0 Å². The van der Waals surface area contributed by atoms with Crippen LogP contribution >= 0.6 is 11.6 Å². The molecule has 3 aliphatic rings. The van der Waals surface area contributed by atoms with Gasteiger partial charge in [0.05, 0.1) is 11.3 Å². The van der Waals surface area contributed by atoms with Crippen molar-refractivity contribution in [3.05, 3.63) is 64.3 Å². The molecule has 1 aliphatic carbocycles. The zero-order chi connectivity index (χ0) is 24.6.